The average Bonchev–Trinajstić information content (AvgIpc) is 3.05. The van der Waals surface area contributed by atoms with Crippen LogP contribution in [0, 0.1) is 0 Å². The van der Waals surface area contributed by atoms with E-state index in [9.17, 15) is 0 Å². The van der Waals surface area contributed by atoms with Crippen LogP contribution in [0.25, 0.3) is 0 Å². The lowest BCUT2D eigenvalue weighted by molar-refractivity contribution is 0.343. The molecule has 1 atom stereocenters. The molecule has 4 heteroatoms. The standard InChI is InChI=1S/C15H18N2OS/c1-2-7-16-8-11-9-17-15(19-11)13-10-18-14-6-4-3-5-12(13)14/h3-6,9,13,16H,2,7-8,10H2,1H3. The van der Waals surface area contributed by atoms with Crippen LogP contribution in [0.4, 0.5) is 0 Å². The third-order valence-electron chi connectivity index (χ3n) is 3.30. The van der Waals surface area contributed by atoms with Gasteiger partial charge in [0.2, 0.25) is 0 Å². The number of para-hydroxylation sites is 1. The number of nitrogens with zero attached hydrogens (tertiary/aromatic N) is 1. The molecule has 2 heterocycles. The van der Waals surface area contributed by atoms with Crippen LogP contribution in [-0.4, -0.2) is 18.1 Å². The predicted octanol–water partition coefficient (Wildman–Crippen LogP) is 3.17. The fourth-order valence-corrected chi connectivity index (χ4v) is 3.31. The number of hydrogen-bond acceptors (Lipinski definition) is 4. The molecular formula is C15H18N2OS. The number of aromatic nitrogens is 1. The highest BCUT2D eigenvalue weighted by Crippen LogP contribution is 2.39. The molecule has 0 amide bonds. The first-order valence-corrected chi connectivity index (χ1v) is 7.57. The maximum Gasteiger partial charge on any atom is 0.123 e. The molecule has 0 saturated carbocycles. The van der Waals surface area contributed by atoms with Crippen molar-refractivity contribution >= 4 is 11.3 Å². The molecule has 1 unspecified atom stereocenters. The van der Waals surface area contributed by atoms with Gasteiger partial charge < -0.3 is 10.1 Å². The normalized spacial score (nSPS) is 17.2. The van der Waals surface area contributed by atoms with Crippen molar-refractivity contribution in [2.45, 2.75) is 25.8 Å². The van der Waals surface area contributed by atoms with Crippen LogP contribution in [-0.2, 0) is 6.54 Å². The van der Waals surface area contributed by atoms with Crippen molar-refractivity contribution < 1.29 is 4.74 Å². The van der Waals surface area contributed by atoms with E-state index in [2.05, 4.69) is 29.4 Å². The Hall–Kier alpha value is -1.39. The second kappa shape index (κ2) is 5.72. The van der Waals surface area contributed by atoms with E-state index in [4.69, 9.17) is 4.74 Å². The third kappa shape index (κ3) is 2.65. The Kier molecular flexibility index (Phi) is 3.80. The zero-order valence-electron chi connectivity index (χ0n) is 11.1. The highest BCUT2D eigenvalue weighted by atomic mass is 32.1. The summed E-state index contributed by atoms with van der Waals surface area (Å²) in [6, 6.07) is 8.26. The van der Waals surface area contributed by atoms with Crippen LogP contribution < -0.4 is 10.1 Å². The van der Waals surface area contributed by atoms with Gasteiger partial charge in [0, 0.05) is 23.2 Å². The molecule has 1 aromatic carbocycles. The summed E-state index contributed by atoms with van der Waals surface area (Å²) in [6.07, 6.45) is 3.15. The summed E-state index contributed by atoms with van der Waals surface area (Å²) in [5, 5.41) is 4.58. The maximum absolute atomic E-state index is 5.72. The van der Waals surface area contributed by atoms with Crippen LogP contribution in [0.15, 0.2) is 30.5 Å². The Labute approximate surface area is 117 Å². The second-order valence-corrected chi connectivity index (χ2v) is 5.89. The summed E-state index contributed by atoms with van der Waals surface area (Å²) >= 11 is 1.79. The topological polar surface area (TPSA) is 34.2 Å². The first-order valence-electron chi connectivity index (χ1n) is 6.75. The molecule has 1 aliphatic heterocycles. The monoisotopic (exact) mass is 274 g/mol. The smallest absolute Gasteiger partial charge is 0.123 e. The summed E-state index contributed by atoms with van der Waals surface area (Å²) in [4.78, 5) is 5.87. The molecule has 0 radical (unpaired) electrons. The van der Waals surface area contributed by atoms with Crippen molar-refractivity contribution in [3.8, 4) is 5.75 Å². The van der Waals surface area contributed by atoms with Gasteiger partial charge in [-0.2, -0.15) is 0 Å². The lowest BCUT2D eigenvalue weighted by Gasteiger charge is -2.03. The van der Waals surface area contributed by atoms with E-state index in [0.717, 1.165) is 25.3 Å². The summed E-state index contributed by atoms with van der Waals surface area (Å²) in [5.74, 6) is 1.31. The van der Waals surface area contributed by atoms with Crippen LogP contribution >= 0.6 is 11.3 Å². The summed E-state index contributed by atoms with van der Waals surface area (Å²) in [5.41, 5.74) is 1.27. The summed E-state index contributed by atoms with van der Waals surface area (Å²) in [7, 11) is 0. The molecule has 2 aromatic rings. The minimum absolute atomic E-state index is 0.307. The Balaban J connectivity index is 1.74. The zero-order chi connectivity index (χ0) is 13.1. The fraction of sp³-hybridized carbons (Fsp3) is 0.400. The average molecular weight is 274 g/mol. The van der Waals surface area contributed by atoms with Gasteiger partial charge in [-0.1, -0.05) is 25.1 Å². The number of rotatable bonds is 5. The second-order valence-electron chi connectivity index (χ2n) is 4.74. The molecule has 3 rings (SSSR count). The number of fused-ring (bicyclic) bond motifs is 1. The van der Waals surface area contributed by atoms with Gasteiger partial charge in [-0.05, 0) is 19.0 Å². The Bertz CT molecular complexity index is 553. The molecule has 1 aromatic heterocycles. The van der Waals surface area contributed by atoms with Crippen LogP contribution in [0.3, 0.4) is 0 Å². The number of thiazole rings is 1. The lowest BCUT2D eigenvalue weighted by Crippen LogP contribution is -2.12. The molecule has 3 nitrogen and oxygen atoms in total. The highest BCUT2D eigenvalue weighted by Gasteiger charge is 2.27. The minimum atomic E-state index is 0.307. The van der Waals surface area contributed by atoms with Crippen LogP contribution in [0.2, 0.25) is 0 Å². The molecule has 0 saturated heterocycles. The molecule has 0 bridgehead atoms. The van der Waals surface area contributed by atoms with Crippen molar-refractivity contribution in [2.75, 3.05) is 13.2 Å². The quantitative estimate of drug-likeness (QED) is 0.850. The molecule has 100 valence electrons. The minimum Gasteiger partial charge on any atom is -0.492 e. The molecule has 0 aliphatic carbocycles. The Morgan fingerprint density at radius 3 is 3.21 bits per heavy atom. The number of ether oxygens (including phenoxy) is 1. The summed E-state index contributed by atoms with van der Waals surface area (Å²) < 4.78 is 5.72. The van der Waals surface area contributed by atoms with Gasteiger partial charge in [0.1, 0.15) is 17.4 Å². The van der Waals surface area contributed by atoms with Crippen LogP contribution in [0.1, 0.15) is 34.7 Å². The van der Waals surface area contributed by atoms with Crippen molar-refractivity contribution in [1.29, 1.82) is 0 Å². The van der Waals surface area contributed by atoms with E-state index < -0.39 is 0 Å². The first kappa shape index (κ1) is 12.6. The largest absolute Gasteiger partial charge is 0.492 e. The van der Waals surface area contributed by atoms with Gasteiger partial charge in [-0.25, -0.2) is 4.98 Å². The maximum atomic E-state index is 5.72. The van der Waals surface area contributed by atoms with Gasteiger partial charge in [-0.3, -0.25) is 0 Å². The van der Waals surface area contributed by atoms with E-state index in [0.29, 0.717) is 12.5 Å². The van der Waals surface area contributed by atoms with Crippen molar-refractivity contribution in [2.24, 2.45) is 0 Å². The molecule has 19 heavy (non-hydrogen) atoms. The van der Waals surface area contributed by atoms with E-state index in [1.54, 1.807) is 11.3 Å². The number of nitrogens with one attached hydrogen (secondary N) is 1. The van der Waals surface area contributed by atoms with Gasteiger partial charge in [0.25, 0.3) is 0 Å². The molecule has 0 fully saturated rings. The number of hydrogen-bond donors (Lipinski definition) is 1. The van der Waals surface area contributed by atoms with E-state index in [1.165, 1.54) is 15.4 Å². The summed E-state index contributed by atoms with van der Waals surface area (Å²) in [6.45, 7) is 4.87. The number of benzene rings is 1. The molecular weight excluding hydrogens is 256 g/mol. The Morgan fingerprint density at radius 1 is 1.42 bits per heavy atom. The third-order valence-corrected chi connectivity index (χ3v) is 4.41. The zero-order valence-corrected chi connectivity index (χ0v) is 11.9. The van der Waals surface area contributed by atoms with Gasteiger partial charge in [0.15, 0.2) is 0 Å². The van der Waals surface area contributed by atoms with Crippen molar-refractivity contribution in [3.63, 3.8) is 0 Å². The molecule has 1 N–H and O–H groups in total. The van der Waals surface area contributed by atoms with E-state index >= 15 is 0 Å². The molecule has 1 aliphatic rings. The van der Waals surface area contributed by atoms with Crippen molar-refractivity contribution in [1.82, 2.24) is 10.3 Å². The lowest BCUT2D eigenvalue weighted by atomic mass is 10.0. The SMILES string of the molecule is CCCNCc1cnc(C2COc3ccccc32)s1. The van der Waals surface area contributed by atoms with Gasteiger partial charge >= 0.3 is 0 Å². The first-order chi connectivity index (χ1) is 9.38. The van der Waals surface area contributed by atoms with Crippen molar-refractivity contribution in [3.05, 3.63) is 45.9 Å². The van der Waals surface area contributed by atoms with Gasteiger partial charge in [0.05, 0.1) is 5.92 Å². The highest BCUT2D eigenvalue weighted by molar-refractivity contribution is 7.11. The molecule has 0 spiro atoms. The van der Waals surface area contributed by atoms with E-state index in [1.807, 2.05) is 18.3 Å². The predicted molar refractivity (Wildman–Crippen MR) is 77.9 cm³/mol. The van der Waals surface area contributed by atoms with E-state index in [-0.39, 0.29) is 0 Å². The Morgan fingerprint density at radius 2 is 2.32 bits per heavy atom. The van der Waals surface area contributed by atoms with Gasteiger partial charge in [-0.15, -0.1) is 11.3 Å². The van der Waals surface area contributed by atoms with Crippen LogP contribution in [0.5, 0.6) is 5.75 Å². The fourth-order valence-electron chi connectivity index (χ4n) is 2.32.